The van der Waals surface area contributed by atoms with E-state index < -0.39 is 10.0 Å². The molecule has 1 saturated carbocycles. The summed E-state index contributed by atoms with van der Waals surface area (Å²) in [4.78, 5) is 0.0515. The molecule has 1 fully saturated rings. The maximum absolute atomic E-state index is 12.0. The molecule has 6 heteroatoms. The zero-order valence-corrected chi connectivity index (χ0v) is 11.6. The van der Waals surface area contributed by atoms with E-state index in [1.807, 2.05) is 0 Å². The number of anilines is 1. The maximum Gasteiger partial charge on any atom is 0.242 e. The molecule has 1 aromatic rings. The molecule has 0 aromatic heterocycles. The highest BCUT2D eigenvalue weighted by atomic mass is 35.5. The SMILES string of the molecule is Nc1ccc(Cl)c(S(=O)(=O)NCCCC2CC2)c1. The second-order valence-corrected chi connectivity index (χ2v) is 6.82. The van der Waals surface area contributed by atoms with Crippen LogP contribution in [0.15, 0.2) is 23.1 Å². The minimum atomic E-state index is -3.55. The average Bonchev–Trinajstić information content (AvgIpc) is 3.12. The van der Waals surface area contributed by atoms with Gasteiger partial charge in [-0.25, -0.2) is 13.1 Å². The molecule has 0 unspecified atom stereocenters. The number of hydrogen-bond donors (Lipinski definition) is 2. The molecule has 0 heterocycles. The Morgan fingerprint density at radius 3 is 2.78 bits per heavy atom. The minimum absolute atomic E-state index is 0.0515. The quantitative estimate of drug-likeness (QED) is 0.623. The molecule has 0 atom stereocenters. The van der Waals surface area contributed by atoms with E-state index >= 15 is 0 Å². The van der Waals surface area contributed by atoms with Crippen LogP contribution in [-0.2, 0) is 10.0 Å². The van der Waals surface area contributed by atoms with Crippen LogP contribution in [0.1, 0.15) is 25.7 Å². The number of rotatable bonds is 6. The van der Waals surface area contributed by atoms with Crippen LogP contribution in [0.25, 0.3) is 0 Å². The molecule has 1 aromatic carbocycles. The molecule has 0 bridgehead atoms. The third-order valence-corrected chi connectivity index (χ3v) is 4.97. The Hall–Kier alpha value is -0.780. The monoisotopic (exact) mass is 288 g/mol. The van der Waals surface area contributed by atoms with E-state index in [2.05, 4.69) is 4.72 Å². The molecule has 0 amide bonds. The summed E-state index contributed by atoms with van der Waals surface area (Å²) in [7, 11) is -3.55. The van der Waals surface area contributed by atoms with Crippen LogP contribution in [0.4, 0.5) is 5.69 Å². The molecule has 18 heavy (non-hydrogen) atoms. The number of benzene rings is 1. The van der Waals surface area contributed by atoms with Crippen LogP contribution in [0.3, 0.4) is 0 Å². The summed E-state index contributed by atoms with van der Waals surface area (Å²) < 4.78 is 26.6. The first kappa shape index (κ1) is 13.6. The predicted octanol–water partition coefficient (Wildman–Crippen LogP) is 2.39. The van der Waals surface area contributed by atoms with Crippen molar-refractivity contribution in [1.29, 1.82) is 0 Å². The summed E-state index contributed by atoms with van der Waals surface area (Å²) in [5.74, 6) is 0.811. The average molecular weight is 289 g/mol. The first-order valence-corrected chi connectivity index (χ1v) is 7.90. The van der Waals surface area contributed by atoms with Crippen molar-refractivity contribution in [2.75, 3.05) is 12.3 Å². The molecule has 0 aliphatic heterocycles. The van der Waals surface area contributed by atoms with Crippen molar-refractivity contribution in [3.63, 3.8) is 0 Å². The van der Waals surface area contributed by atoms with Crippen LogP contribution in [0, 0.1) is 5.92 Å². The number of nitrogens with two attached hydrogens (primary N) is 1. The fraction of sp³-hybridized carbons (Fsp3) is 0.500. The number of halogens is 1. The molecule has 100 valence electrons. The van der Waals surface area contributed by atoms with Gasteiger partial charge in [-0.05, 0) is 37.0 Å². The zero-order valence-electron chi connectivity index (χ0n) is 10.0. The lowest BCUT2D eigenvalue weighted by Gasteiger charge is -2.08. The van der Waals surface area contributed by atoms with Gasteiger partial charge in [-0.1, -0.05) is 24.4 Å². The molecule has 4 nitrogen and oxygen atoms in total. The Morgan fingerprint density at radius 1 is 1.39 bits per heavy atom. The van der Waals surface area contributed by atoms with Crippen molar-refractivity contribution in [2.24, 2.45) is 5.92 Å². The summed E-state index contributed by atoms with van der Waals surface area (Å²) in [6.07, 6.45) is 4.53. The lowest BCUT2D eigenvalue weighted by molar-refractivity contribution is 0.572. The highest BCUT2D eigenvalue weighted by molar-refractivity contribution is 7.89. The molecular weight excluding hydrogens is 272 g/mol. The number of sulfonamides is 1. The molecule has 0 radical (unpaired) electrons. The standard InChI is InChI=1S/C12H17ClN2O2S/c13-11-6-5-10(14)8-12(11)18(16,17)15-7-1-2-9-3-4-9/h5-6,8-9,15H,1-4,7,14H2. The number of nitrogen functional groups attached to an aromatic ring is 1. The Labute approximate surface area is 113 Å². The fourth-order valence-electron chi connectivity index (χ4n) is 1.81. The van der Waals surface area contributed by atoms with Gasteiger partial charge in [0, 0.05) is 12.2 Å². The normalized spacial score (nSPS) is 15.8. The smallest absolute Gasteiger partial charge is 0.242 e. The van der Waals surface area contributed by atoms with Gasteiger partial charge in [0.05, 0.1) is 5.02 Å². The fourth-order valence-corrected chi connectivity index (χ4v) is 3.41. The topological polar surface area (TPSA) is 72.2 Å². The highest BCUT2D eigenvalue weighted by Gasteiger charge is 2.21. The Balaban J connectivity index is 1.97. The van der Waals surface area contributed by atoms with Gasteiger partial charge in [-0.3, -0.25) is 0 Å². The zero-order chi connectivity index (χ0) is 13.2. The van der Waals surface area contributed by atoms with Gasteiger partial charge in [-0.15, -0.1) is 0 Å². The summed E-state index contributed by atoms with van der Waals surface area (Å²) >= 11 is 5.88. The van der Waals surface area contributed by atoms with Crippen molar-refractivity contribution in [1.82, 2.24) is 4.72 Å². The van der Waals surface area contributed by atoms with E-state index in [0.717, 1.165) is 18.8 Å². The van der Waals surface area contributed by atoms with E-state index in [9.17, 15) is 8.42 Å². The third-order valence-electron chi connectivity index (χ3n) is 3.02. The van der Waals surface area contributed by atoms with Crippen LogP contribution in [0.2, 0.25) is 5.02 Å². The molecule has 1 aliphatic rings. The van der Waals surface area contributed by atoms with Crippen molar-refractivity contribution >= 4 is 27.3 Å². The molecule has 0 saturated heterocycles. The second-order valence-electron chi connectivity index (χ2n) is 4.67. The van der Waals surface area contributed by atoms with Crippen LogP contribution < -0.4 is 10.5 Å². The third kappa shape index (κ3) is 3.60. The van der Waals surface area contributed by atoms with E-state index in [1.54, 1.807) is 6.07 Å². The van der Waals surface area contributed by atoms with Gasteiger partial charge in [0.1, 0.15) is 4.90 Å². The Kier molecular flexibility index (Phi) is 4.14. The molecular formula is C12H17ClN2O2S. The van der Waals surface area contributed by atoms with Gasteiger partial charge in [-0.2, -0.15) is 0 Å². The van der Waals surface area contributed by atoms with Crippen molar-refractivity contribution in [3.8, 4) is 0 Å². The van der Waals surface area contributed by atoms with Crippen molar-refractivity contribution < 1.29 is 8.42 Å². The number of nitrogens with one attached hydrogen (secondary N) is 1. The summed E-state index contributed by atoms with van der Waals surface area (Å²) in [6, 6.07) is 4.45. The first-order chi connectivity index (χ1) is 8.49. The lowest BCUT2D eigenvalue weighted by Crippen LogP contribution is -2.25. The van der Waals surface area contributed by atoms with Gasteiger partial charge in [0.25, 0.3) is 0 Å². The largest absolute Gasteiger partial charge is 0.399 e. The van der Waals surface area contributed by atoms with Gasteiger partial charge >= 0.3 is 0 Å². The van der Waals surface area contributed by atoms with Gasteiger partial charge in [0.2, 0.25) is 10.0 Å². The van der Waals surface area contributed by atoms with Gasteiger partial charge < -0.3 is 5.73 Å². The number of hydrogen-bond acceptors (Lipinski definition) is 3. The predicted molar refractivity (Wildman–Crippen MR) is 73.0 cm³/mol. The highest BCUT2D eigenvalue weighted by Crippen LogP contribution is 2.33. The molecule has 2 rings (SSSR count). The summed E-state index contributed by atoms with van der Waals surface area (Å²) in [6.45, 7) is 0.448. The van der Waals surface area contributed by atoms with E-state index in [0.29, 0.717) is 12.2 Å². The maximum atomic E-state index is 12.0. The molecule has 1 aliphatic carbocycles. The summed E-state index contributed by atoms with van der Waals surface area (Å²) in [5.41, 5.74) is 5.96. The van der Waals surface area contributed by atoms with Crippen molar-refractivity contribution in [3.05, 3.63) is 23.2 Å². The minimum Gasteiger partial charge on any atom is -0.399 e. The van der Waals surface area contributed by atoms with Crippen molar-refractivity contribution in [2.45, 2.75) is 30.6 Å². The van der Waals surface area contributed by atoms with E-state index in [-0.39, 0.29) is 9.92 Å². The molecule has 0 spiro atoms. The Morgan fingerprint density at radius 2 is 2.11 bits per heavy atom. The van der Waals surface area contributed by atoms with E-state index in [4.69, 9.17) is 17.3 Å². The van der Waals surface area contributed by atoms with Crippen LogP contribution >= 0.6 is 11.6 Å². The first-order valence-electron chi connectivity index (χ1n) is 6.04. The van der Waals surface area contributed by atoms with Crippen LogP contribution in [-0.4, -0.2) is 15.0 Å². The van der Waals surface area contributed by atoms with Gasteiger partial charge in [0.15, 0.2) is 0 Å². The summed E-state index contributed by atoms with van der Waals surface area (Å²) in [5, 5.41) is 0.193. The second kappa shape index (κ2) is 5.47. The van der Waals surface area contributed by atoms with E-state index in [1.165, 1.54) is 25.0 Å². The Bertz CT molecular complexity index is 527. The lowest BCUT2D eigenvalue weighted by atomic mass is 10.2. The van der Waals surface area contributed by atoms with Crippen LogP contribution in [0.5, 0.6) is 0 Å². The molecule has 3 N–H and O–H groups in total.